The topological polar surface area (TPSA) is 60.4 Å². The van der Waals surface area contributed by atoms with Crippen LogP contribution in [0.3, 0.4) is 0 Å². The van der Waals surface area contributed by atoms with E-state index in [1.54, 1.807) is 0 Å². The van der Waals surface area contributed by atoms with Crippen molar-refractivity contribution in [3.05, 3.63) is 28.8 Å². The van der Waals surface area contributed by atoms with Gasteiger partial charge >= 0.3 is 204 Å². The van der Waals surface area contributed by atoms with E-state index in [2.05, 4.69) is 53.7 Å². The molecule has 0 aromatic heterocycles. The van der Waals surface area contributed by atoms with Crippen LogP contribution in [0, 0.1) is 0 Å². The predicted octanol–water partition coefficient (Wildman–Crippen LogP) is 0.605. The maximum absolute atomic E-state index is 10.7. The van der Waals surface area contributed by atoms with E-state index in [0.717, 1.165) is 34.6 Å². The summed E-state index contributed by atoms with van der Waals surface area (Å²) >= 11 is 0.372. The maximum atomic E-state index is 10.7. The Hall–Kier alpha value is 0.646. The smallest absolute Gasteiger partial charge is 1.00 e. The van der Waals surface area contributed by atoms with E-state index in [9.17, 15) is 15.0 Å². The van der Waals surface area contributed by atoms with Crippen molar-refractivity contribution < 1.29 is 66.4 Å². The maximum Gasteiger partial charge on any atom is 1.00 e. The van der Waals surface area contributed by atoms with E-state index < -0.39 is 5.97 Å². The molecule has 0 aliphatic carbocycles. The molecule has 1 aromatic rings. The summed E-state index contributed by atoms with van der Waals surface area (Å²) in [6, 6.07) is 4.28. The number of carboxylic acids is 1. The average molecular weight is 438 g/mol. The fourth-order valence-corrected chi connectivity index (χ4v) is 4.43. The molecule has 0 bridgehead atoms. The second-order valence-electron chi connectivity index (χ2n) is 8.38. The molecule has 0 atom stereocenters. The van der Waals surface area contributed by atoms with Crippen LogP contribution in [0.4, 0.5) is 0 Å². The summed E-state index contributed by atoms with van der Waals surface area (Å²) in [7, 11) is 0. The first-order valence-electron chi connectivity index (χ1n) is 8.57. The van der Waals surface area contributed by atoms with Crippen molar-refractivity contribution in [2.45, 2.75) is 82.3 Å². The molecule has 1 aromatic carbocycles. The van der Waals surface area contributed by atoms with Gasteiger partial charge in [0.25, 0.3) is 0 Å². The Morgan fingerprint density at radius 1 is 1.04 bits per heavy atom. The van der Waals surface area contributed by atoms with Gasteiger partial charge in [0, 0.05) is 0 Å². The number of aromatic hydroxyl groups is 1. The molecule has 0 aliphatic rings. The van der Waals surface area contributed by atoms with Gasteiger partial charge in [-0.25, -0.2) is 0 Å². The molecule has 1 N–H and O–H groups in total. The number of aryl methyl sites for hydroxylation is 1. The van der Waals surface area contributed by atoms with Gasteiger partial charge in [-0.05, 0) is 0 Å². The molecule has 136 valence electrons. The van der Waals surface area contributed by atoms with E-state index in [4.69, 9.17) is 0 Å². The van der Waals surface area contributed by atoms with Crippen molar-refractivity contribution in [3.63, 3.8) is 0 Å². The third-order valence-corrected chi connectivity index (χ3v) is 6.24. The Kier molecular flexibility index (Phi) is 11.1. The van der Waals surface area contributed by atoms with Crippen molar-refractivity contribution >= 4 is 20.9 Å². The standard InChI is InChI=1S/C20H32O3Se.K/c1-19(2,3)15-12-14(8-7-10-24-11-9-17(21)22)13-16(18(15)23)20(4,5)6;/h12-13,23H,7-11H2,1-6H3,(H,21,22);/q;+1/p-1. The summed E-state index contributed by atoms with van der Waals surface area (Å²) in [6.07, 6.45) is 2.21. The van der Waals surface area contributed by atoms with Crippen molar-refractivity contribution in [2.24, 2.45) is 0 Å². The molecule has 0 radical (unpaired) electrons. The number of benzene rings is 1. The Balaban J connectivity index is 0.00000576. The van der Waals surface area contributed by atoms with E-state index in [0.29, 0.717) is 20.7 Å². The first-order chi connectivity index (χ1) is 10.9. The summed E-state index contributed by atoms with van der Waals surface area (Å²) in [5, 5.41) is 23.0. The number of carbonyl (C=O) groups is 1. The summed E-state index contributed by atoms with van der Waals surface area (Å²) in [6.45, 7) is 12.8. The van der Waals surface area contributed by atoms with E-state index in [1.807, 2.05) is 0 Å². The number of rotatable bonds is 7. The van der Waals surface area contributed by atoms with Crippen molar-refractivity contribution in [2.75, 3.05) is 0 Å². The molecular formula is C20H31KO3Se. The number of carboxylic acid groups (broad SMARTS) is 1. The number of aliphatic carboxylic acids is 1. The first kappa shape index (κ1) is 25.6. The van der Waals surface area contributed by atoms with Crippen LogP contribution < -0.4 is 56.5 Å². The molecule has 3 nitrogen and oxygen atoms in total. The largest absolute Gasteiger partial charge is 1.00 e. The van der Waals surface area contributed by atoms with Crippen LogP contribution in [0.2, 0.25) is 10.6 Å². The van der Waals surface area contributed by atoms with Gasteiger partial charge in [0.15, 0.2) is 0 Å². The van der Waals surface area contributed by atoms with E-state index >= 15 is 0 Å². The summed E-state index contributed by atoms with van der Waals surface area (Å²) in [4.78, 5) is 10.4. The molecular weight excluding hydrogens is 406 g/mol. The van der Waals surface area contributed by atoms with Crippen LogP contribution >= 0.6 is 0 Å². The second-order valence-corrected chi connectivity index (χ2v) is 10.9. The number of phenolic OH excluding ortho intramolecular Hbond substituents is 1. The summed E-state index contributed by atoms with van der Waals surface area (Å²) in [5.74, 6) is -0.517. The normalized spacial score (nSPS) is 11.9. The number of hydrogen-bond donors (Lipinski definition) is 1. The van der Waals surface area contributed by atoms with Crippen molar-refractivity contribution in [1.29, 1.82) is 0 Å². The molecule has 25 heavy (non-hydrogen) atoms. The Morgan fingerprint density at radius 2 is 1.52 bits per heavy atom. The molecule has 0 aliphatic heterocycles. The van der Waals surface area contributed by atoms with Gasteiger partial charge in [-0.15, -0.1) is 0 Å². The first-order valence-corrected chi connectivity index (χ1v) is 11.0. The van der Waals surface area contributed by atoms with Crippen LogP contribution in [0.15, 0.2) is 12.1 Å². The Morgan fingerprint density at radius 3 is 1.92 bits per heavy atom. The molecule has 1 rings (SSSR count). The third-order valence-electron chi connectivity index (χ3n) is 3.99. The number of hydrogen-bond acceptors (Lipinski definition) is 3. The molecule has 0 spiro atoms. The molecule has 0 heterocycles. The van der Waals surface area contributed by atoms with E-state index in [-0.39, 0.29) is 68.6 Å². The minimum atomic E-state index is -0.944. The van der Waals surface area contributed by atoms with Crippen LogP contribution in [0.5, 0.6) is 5.75 Å². The zero-order valence-corrected chi connectivity index (χ0v) is 21.7. The van der Waals surface area contributed by atoms with Crippen LogP contribution in [0.25, 0.3) is 0 Å². The summed E-state index contributed by atoms with van der Waals surface area (Å²) in [5.41, 5.74) is 3.08. The minimum Gasteiger partial charge on any atom is 1.00 e. The summed E-state index contributed by atoms with van der Waals surface area (Å²) < 4.78 is 0. The van der Waals surface area contributed by atoms with Gasteiger partial charge in [-0.1, -0.05) is 0 Å². The Labute approximate surface area is 201 Å². The fourth-order valence-electron chi connectivity index (χ4n) is 2.62. The van der Waals surface area contributed by atoms with Crippen LogP contribution in [0.1, 0.15) is 71.1 Å². The molecule has 0 saturated carbocycles. The van der Waals surface area contributed by atoms with Crippen molar-refractivity contribution in [1.82, 2.24) is 0 Å². The zero-order chi connectivity index (χ0) is 18.5. The molecule has 0 unspecified atom stereocenters. The average Bonchev–Trinajstić information content (AvgIpc) is 2.41. The fraction of sp³-hybridized carbons (Fsp3) is 0.650. The van der Waals surface area contributed by atoms with Gasteiger partial charge in [-0.3, -0.25) is 0 Å². The number of carbonyl (C=O) groups excluding carboxylic acids is 1. The van der Waals surface area contributed by atoms with Gasteiger partial charge in [0.2, 0.25) is 0 Å². The number of phenols is 1. The van der Waals surface area contributed by atoms with Gasteiger partial charge < -0.3 is 0 Å². The SMILES string of the molecule is CC(C)(C)c1cc(CCC[Se]CCC(=O)[O-])cc(C(C)(C)C)c1O.[K+]. The molecule has 0 amide bonds. The van der Waals surface area contributed by atoms with E-state index in [1.165, 1.54) is 5.56 Å². The van der Waals surface area contributed by atoms with Crippen LogP contribution in [-0.2, 0) is 22.0 Å². The van der Waals surface area contributed by atoms with Crippen molar-refractivity contribution in [3.8, 4) is 5.75 Å². The van der Waals surface area contributed by atoms with Gasteiger partial charge in [-0.2, -0.15) is 0 Å². The van der Waals surface area contributed by atoms with Gasteiger partial charge in [0.1, 0.15) is 0 Å². The van der Waals surface area contributed by atoms with Crippen LogP contribution in [-0.4, -0.2) is 26.0 Å². The second kappa shape index (κ2) is 10.8. The zero-order valence-electron chi connectivity index (χ0n) is 16.9. The minimum absolute atomic E-state index is 0. The monoisotopic (exact) mass is 438 g/mol. The molecule has 0 saturated heterocycles. The molecule has 5 heteroatoms. The quantitative estimate of drug-likeness (QED) is 0.502. The predicted molar refractivity (Wildman–Crippen MR) is 98.8 cm³/mol. The van der Waals surface area contributed by atoms with Gasteiger partial charge in [0.05, 0.1) is 0 Å². The third kappa shape index (κ3) is 8.92. The molecule has 0 fully saturated rings. The Bertz CT molecular complexity index is 536.